The van der Waals surface area contributed by atoms with Crippen molar-refractivity contribution in [3.8, 4) is 0 Å². The van der Waals surface area contributed by atoms with Gasteiger partial charge in [0, 0.05) is 18.5 Å². The Balaban J connectivity index is 2.31. The van der Waals surface area contributed by atoms with E-state index in [1.807, 2.05) is 27.7 Å². The lowest BCUT2D eigenvalue weighted by Gasteiger charge is -2.19. The molecule has 0 fully saturated rings. The molecule has 0 saturated heterocycles. The Bertz CT molecular complexity index is 369. The normalized spacial score (nSPS) is 11.3. The molecule has 0 aliphatic carbocycles. The van der Waals surface area contributed by atoms with Crippen LogP contribution in [0.25, 0.3) is 0 Å². The molecule has 1 amide bonds. The number of aromatic nitrogens is 4. The Kier molecular flexibility index (Phi) is 4.42. The molecule has 7 heteroatoms. The Morgan fingerprint density at radius 1 is 1.47 bits per heavy atom. The van der Waals surface area contributed by atoms with Crippen LogP contribution in [-0.4, -0.2) is 38.4 Å². The minimum Gasteiger partial charge on any atom is -0.449 e. The summed E-state index contributed by atoms with van der Waals surface area (Å²) in [7, 11) is 0. The van der Waals surface area contributed by atoms with Gasteiger partial charge in [0.15, 0.2) is 5.82 Å². The van der Waals surface area contributed by atoms with Crippen LogP contribution in [0.2, 0.25) is 0 Å². The van der Waals surface area contributed by atoms with E-state index in [1.54, 1.807) is 4.68 Å². The van der Waals surface area contributed by atoms with E-state index in [0.29, 0.717) is 13.0 Å². The molecule has 0 saturated carbocycles. The maximum atomic E-state index is 11.3. The average Bonchev–Trinajstić information content (AvgIpc) is 2.62. The van der Waals surface area contributed by atoms with Crippen molar-refractivity contribution in [2.45, 2.75) is 46.2 Å². The van der Waals surface area contributed by atoms with Gasteiger partial charge in [0.2, 0.25) is 0 Å². The van der Waals surface area contributed by atoms with Crippen LogP contribution in [0.3, 0.4) is 0 Å². The number of nitrogens with one attached hydrogen (secondary N) is 1. The zero-order valence-electron chi connectivity index (χ0n) is 10.7. The standard InChI is InChI=1S/C10H19N5O2/c1-5-15-8(12-13-14-15)6-7-17-9(16)11-10(2,3)4/h5-7H2,1-4H3,(H,11,16). The fourth-order valence-electron chi connectivity index (χ4n) is 1.23. The molecule has 1 N–H and O–H groups in total. The van der Waals surface area contributed by atoms with Crippen LogP contribution < -0.4 is 5.32 Å². The first-order chi connectivity index (χ1) is 7.92. The number of ether oxygens (including phenoxy) is 1. The molecule has 1 aromatic heterocycles. The number of alkyl carbamates (subject to hydrolysis) is 1. The molecule has 0 bridgehead atoms. The number of hydrogen-bond donors (Lipinski definition) is 1. The van der Waals surface area contributed by atoms with E-state index in [-0.39, 0.29) is 12.1 Å². The number of amides is 1. The van der Waals surface area contributed by atoms with Crippen molar-refractivity contribution >= 4 is 6.09 Å². The third-order valence-electron chi connectivity index (χ3n) is 1.94. The summed E-state index contributed by atoms with van der Waals surface area (Å²) in [5.74, 6) is 0.719. The molecule has 17 heavy (non-hydrogen) atoms. The molecule has 0 radical (unpaired) electrons. The quantitative estimate of drug-likeness (QED) is 0.841. The minimum atomic E-state index is -0.423. The van der Waals surface area contributed by atoms with Crippen molar-refractivity contribution in [2.75, 3.05) is 6.61 Å². The highest BCUT2D eigenvalue weighted by Gasteiger charge is 2.14. The van der Waals surface area contributed by atoms with Crippen molar-refractivity contribution in [3.05, 3.63) is 5.82 Å². The largest absolute Gasteiger partial charge is 0.449 e. The maximum Gasteiger partial charge on any atom is 0.407 e. The molecule has 1 aromatic rings. The first-order valence-corrected chi connectivity index (χ1v) is 5.62. The Labute approximate surface area is 101 Å². The third kappa shape index (κ3) is 4.80. The van der Waals surface area contributed by atoms with E-state index < -0.39 is 6.09 Å². The molecular formula is C10H19N5O2. The molecule has 0 unspecified atom stereocenters. The predicted molar refractivity (Wildman–Crippen MR) is 61.4 cm³/mol. The summed E-state index contributed by atoms with van der Waals surface area (Å²) < 4.78 is 6.70. The van der Waals surface area contributed by atoms with E-state index in [2.05, 4.69) is 20.8 Å². The van der Waals surface area contributed by atoms with Gasteiger partial charge in [-0.1, -0.05) is 0 Å². The molecule has 96 valence electrons. The van der Waals surface area contributed by atoms with Gasteiger partial charge in [0.1, 0.15) is 6.61 Å². The highest BCUT2D eigenvalue weighted by Crippen LogP contribution is 2.00. The Morgan fingerprint density at radius 2 is 2.18 bits per heavy atom. The number of hydrogen-bond acceptors (Lipinski definition) is 5. The lowest BCUT2D eigenvalue weighted by atomic mass is 10.1. The van der Waals surface area contributed by atoms with Crippen molar-refractivity contribution < 1.29 is 9.53 Å². The zero-order chi connectivity index (χ0) is 12.9. The molecule has 0 aliphatic rings. The van der Waals surface area contributed by atoms with Crippen LogP contribution in [0, 0.1) is 0 Å². The van der Waals surface area contributed by atoms with E-state index in [1.165, 1.54) is 0 Å². The number of aryl methyl sites for hydroxylation is 1. The fourth-order valence-corrected chi connectivity index (χ4v) is 1.23. The molecule has 0 spiro atoms. The molecule has 7 nitrogen and oxygen atoms in total. The minimum absolute atomic E-state index is 0.266. The number of carbonyl (C=O) groups is 1. The van der Waals surface area contributed by atoms with Gasteiger partial charge in [0.25, 0.3) is 0 Å². The summed E-state index contributed by atoms with van der Waals surface area (Å²) in [5.41, 5.74) is -0.290. The summed E-state index contributed by atoms with van der Waals surface area (Å²) in [4.78, 5) is 11.3. The highest BCUT2D eigenvalue weighted by atomic mass is 16.5. The number of rotatable bonds is 4. The molecule has 0 atom stereocenters. The Morgan fingerprint density at radius 3 is 2.76 bits per heavy atom. The molecular weight excluding hydrogens is 222 g/mol. The zero-order valence-corrected chi connectivity index (χ0v) is 10.7. The molecule has 0 aromatic carbocycles. The van der Waals surface area contributed by atoms with E-state index >= 15 is 0 Å². The van der Waals surface area contributed by atoms with Gasteiger partial charge in [-0.05, 0) is 38.1 Å². The molecule has 0 aliphatic heterocycles. The van der Waals surface area contributed by atoms with E-state index in [0.717, 1.165) is 5.82 Å². The maximum absolute atomic E-state index is 11.3. The van der Waals surface area contributed by atoms with Crippen LogP contribution in [0.5, 0.6) is 0 Å². The summed E-state index contributed by atoms with van der Waals surface area (Å²) in [5, 5.41) is 13.9. The monoisotopic (exact) mass is 241 g/mol. The van der Waals surface area contributed by atoms with Gasteiger partial charge >= 0.3 is 6.09 Å². The second-order valence-electron chi connectivity index (χ2n) is 4.67. The van der Waals surface area contributed by atoms with Crippen molar-refractivity contribution in [3.63, 3.8) is 0 Å². The number of nitrogens with zero attached hydrogens (tertiary/aromatic N) is 4. The van der Waals surface area contributed by atoms with Gasteiger partial charge in [0.05, 0.1) is 0 Å². The second-order valence-corrected chi connectivity index (χ2v) is 4.67. The van der Waals surface area contributed by atoms with Crippen molar-refractivity contribution in [1.82, 2.24) is 25.5 Å². The number of carbonyl (C=O) groups excluding carboxylic acids is 1. The van der Waals surface area contributed by atoms with Gasteiger partial charge in [-0.15, -0.1) is 5.10 Å². The summed E-state index contributed by atoms with van der Waals surface area (Å²) >= 11 is 0. The topological polar surface area (TPSA) is 81.9 Å². The van der Waals surface area contributed by atoms with Crippen LogP contribution in [0.1, 0.15) is 33.5 Å². The van der Waals surface area contributed by atoms with Gasteiger partial charge in [-0.25, -0.2) is 9.48 Å². The van der Waals surface area contributed by atoms with E-state index in [9.17, 15) is 4.79 Å². The highest BCUT2D eigenvalue weighted by molar-refractivity contribution is 5.68. The van der Waals surface area contributed by atoms with Crippen LogP contribution in [0.4, 0.5) is 4.79 Å². The average molecular weight is 241 g/mol. The van der Waals surface area contributed by atoms with Crippen molar-refractivity contribution in [2.24, 2.45) is 0 Å². The summed E-state index contributed by atoms with van der Waals surface area (Å²) in [6.45, 7) is 8.61. The van der Waals surface area contributed by atoms with Gasteiger partial charge in [-0.2, -0.15) is 0 Å². The van der Waals surface area contributed by atoms with Crippen molar-refractivity contribution in [1.29, 1.82) is 0 Å². The SMILES string of the molecule is CCn1nnnc1CCOC(=O)NC(C)(C)C. The van der Waals surface area contributed by atoms with E-state index in [4.69, 9.17) is 4.74 Å². The van der Waals surface area contributed by atoms with Gasteiger partial charge in [-0.3, -0.25) is 0 Å². The number of tetrazole rings is 1. The Hall–Kier alpha value is -1.66. The lowest BCUT2D eigenvalue weighted by Crippen LogP contribution is -2.41. The molecule has 1 rings (SSSR count). The first kappa shape index (κ1) is 13.4. The third-order valence-corrected chi connectivity index (χ3v) is 1.94. The first-order valence-electron chi connectivity index (χ1n) is 5.62. The smallest absolute Gasteiger partial charge is 0.407 e. The lowest BCUT2D eigenvalue weighted by molar-refractivity contribution is 0.138. The summed E-state index contributed by atoms with van der Waals surface area (Å²) in [6.07, 6.45) is 0.0892. The molecule has 1 heterocycles. The van der Waals surface area contributed by atoms with Gasteiger partial charge < -0.3 is 10.1 Å². The van der Waals surface area contributed by atoms with Crippen LogP contribution >= 0.6 is 0 Å². The summed E-state index contributed by atoms with van der Waals surface area (Å²) in [6, 6.07) is 0. The predicted octanol–water partition coefficient (Wildman–Crippen LogP) is 0.760. The van der Waals surface area contributed by atoms with Crippen LogP contribution in [-0.2, 0) is 17.7 Å². The van der Waals surface area contributed by atoms with Crippen LogP contribution in [0.15, 0.2) is 0 Å². The fraction of sp³-hybridized carbons (Fsp3) is 0.800. The second kappa shape index (κ2) is 5.60.